The molecule has 0 bridgehead atoms. The number of aliphatic carboxylic acids is 1. The summed E-state index contributed by atoms with van der Waals surface area (Å²) in [5.74, 6) is -1.18. The summed E-state index contributed by atoms with van der Waals surface area (Å²) in [6, 6.07) is 5.78. The number of methoxy groups -OCH3 is 1. The molecule has 0 radical (unpaired) electrons. The number of pyridine rings is 1. The lowest BCUT2D eigenvalue weighted by Crippen LogP contribution is -2.55. The van der Waals surface area contributed by atoms with E-state index in [1.807, 2.05) is 32.0 Å². The number of fused-ring (bicyclic) bond motifs is 1. The van der Waals surface area contributed by atoms with Crippen molar-refractivity contribution in [1.29, 1.82) is 0 Å². The number of aromatic nitrogens is 1. The Morgan fingerprint density at radius 2 is 2.00 bits per heavy atom. The van der Waals surface area contributed by atoms with Gasteiger partial charge in [-0.2, -0.15) is 0 Å². The number of amides is 1. The highest BCUT2D eigenvalue weighted by molar-refractivity contribution is 6.08. The molecule has 1 aliphatic carbocycles. The first-order valence-electron chi connectivity index (χ1n) is 8.72. The van der Waals surface area contributed by atoms with Gasteiger partial charge in [-0.15, -0.1) is 0 Å². The molecule has 1 heterocycles. The van der Waals surface area contributed by atoms with Crippen LogP contribution in [0.2, 0.25) is 0 Å². The van der Waals surface area contributed by atoms with Gasteiger partial charge in [0.1, 0.15) is 0 Å². The number of hydrogen-bond acceptors (Lipinski definition) is 4. The van der Waals surface area contributed by atoms with E-state index in [9.17, 15) is 14.7 Å². The summed E-state index contributed by atoms with van der Waals surface area (Å²) in [4.78, 5) is 29.4. The van der Waals surface area contributed by atoms with Crippen molar-refractivity contribution in [2.24, 2.45) is 0 Å². The van der Waals surface area contributed by atoms with Gasteiger partial charge in [0.2, 0.25) is 0 Å². The Morgan fingerprint density at radius 3 is 2.58 bits per heavy atom. The lowest BCUT2D eigenvalue weighted by molar-refractivity contribution is -0.145. The van der Waals surface area contributed by atoms with Crippen molar-refractivity contribution >= 4 is 22.8 Å². The molecule has 1 fully saturated rings. The molecule has 26 heavy (non-hydrogen) atoms. The Bertz CT molecular complexity index is 889. The van der Waals surface area contributed by atoms with Gasteiger partial charge >= 0.3 is 5.97 Å². The predicted molar refractivity (Wildman–Crippen MR) is 98.6 cm³/mol. The molecule has 1 aromatic carbocycles. The Kier molecular flexibility index (Phi) is 4.71. The van der Waals surface area contributed by atoms with Gasteiger partial charge in [0.05, 0.1) is 17.7 Å². The Morgan fingerprint density at radius 1 is 1.31 bits per heavy atom. The molecule has 1 saturated carbocycles. The zero-order valence-electron chi connectivity index (χ0n) is 15.5. The van der Waals surface area contributed by atoms with Crippen LogP contribution in [0.1, 0.15) is 52.9 Å². The smallest absolute Gasteiger partial charge is 0.331 e. The highest BCUT2D eigenvalue weighted by Gasteiger charge is 2.36. The Labute approximate surface area is 152 Å². The largest absolute Gasteiger partial charge is 0.479 e. The number of aryl methyl sites for hydroxylation is 2. The zero-order valence-corrected chi connectivity index (χ0v) is 15.5. The van der Waals surface area contributed by atoms with Crippen molar-refractivity contribution in [1.82, 2.24) is 10.3 Å². The maximum Gasteiger partial charge on any atom is 0.331 e. The molecular weight excluding hydrogens is 332 g/mol. The molecule has 6 heteroatoms. The van der Waals surface area contributed by atoms with E-state index in [1.165, 1.54) is 14.0 Å². The van der Waals surface area contributed by atoms with Gasteiger partial charge in [0, 0.05) is 24.1 Å². The lowest BCUT2D eigenvalue weighted by atomic mass is 9.98. The Hall–Kier alpha value is -2.47. The van der Waals surface area contributed by atoms with Crippen LogP contribution in [0.5, 0.6) is 0 Å². The van der Waals surface area contributed by atoms with Crippen LogP contribution in [0.25, 0.3) is 10.9 Å². The summed E-state index contributed by atoms with van der Waals surface area (Å²) in [5, 5.41) is 12.9. The summed E-state index contributed by atoms with van der Waals surface area (Å²) in [7, 11) is 1.41. The van der Waals surface area contributed by atoms with Gasteiger partial charge in [0.25, 0.3) is 5.91 Å². The number of nitrogens with zero attached hydrogens (tertiary/aromatic N) is 1. The van der Waals surface area contributed by atoms with E-state index < -0.39 is 17.4 Å². The summed E-state index contributed by atoms with van der Waals surface area (Å²) in [5.41, 5.74) is 2.71. The van der Waals surface area contributed by atoms with E-state index in [-0.39, 0.29) is 6.61 Å². The fourth-order valence-electron chi connectivity index (χ4n) is 3.23. The van der Waals surface area contributed by atoms with Crippen LogP contribution >= 0.6 is 0 Å². The van der Waals surface area contributed by atoms with Crippen molar-refractivity contribution in [2.75, 3.05) is 13.7 Å². The highest BCUT2D eigenvalue weighted by Crippen LogP contribution is 2.40. The van der Waals surface area contributed by atoms with Crippen molar-refractivity contribution < 1.29 is 19.4 Å². The molecule has 1 amide bonds. The third-order valence-corrected chi connectivity index (χ3v) is 4.80. The number of nitrogens with one attached hydrogen (secondary N) is 1. The van der Waals surface area contributed by atoms with Gasteiger partial charge in [-0.1, -0.05) is 11.6 Å². The average molecular weight is 356 g/mol. The van der Waals surface area contributed by atoms with Gasteiger partial charge in [0.15, 0.2) is 5.54 Å². The average Bonchev–Trinajstić information content (AvgIpc) is 3.38. The molecular formula is C20H24N2O4. The molecule has 0 spiro atoms. The monoisotopic (exact) mass is 356 g/mol. The van der Waals surface area contributed by atoms with Gasteiger partial charge < -0.3 is 15.2 Å². The number of carboxylic acids is 1. The summed E-state index contributed by atoms with van der Waals surface area (Å²) in [6.45, 7) is 5.27. The second-order valence-electron chi connectivity index (χ2n) is 7.37. The number of ether oxygens (including phenoxy) is 1. The van der Waals surface area contributed by atoms with Crippen molar-refractivity contribution in [2.45, 2.75) is 45.1 Å². The predicted octanol–water partition coefficient (Wildman–Crippen LogP) is 2.95. The zero-order chi connectivity index (χ0) is 19.1. The maximum absolute atomic E-state index is 13.0. The fraction of sp³-hybridized carbons (Fsp3) is 0.450. The van der Waals surface area contributed by atoms with Gasteiger partial charge in [-0.05, 0) is 51.3 Å². The standard InChI is InChI=1S/C20H24N2O4/c1-11-7-12(2)17-14(8-11)15(9-16(21-17)13-5-6-13)18(23)22-20(3,10-26-4)19(24)25/h7-9,13H,5-6,10H2,1-4H3,(H,22,23)(H,24,25). The SMILES string of the molecule is COCC(C)(NC(=O)c1cc(C2CC2)nc2c(C)cc(C)cc12)C(=O)O. The molecule has 0 aliphatic heterocycles. The molecule has 3 rings (SSSR count). The van der Waals surface area contributed by atoms with Crippen LogP contribution in [0.4, 0.5) is 0 Å². The third-order valence-electron chi connectivity index (χ3n) is 4.80. The topological polar surface area (TPSA) is 88.5 Å². The Balaban J connectivity index is 2.10. The fourth-order valence-corrected chi connectivity index (χ4v) is 3.23. The molecule has 138 valence electrons. The number of carbonyl (C=O) groups is 2. The first-order chi connectivity index (χ1) is 12.2. The molecule has 1 aliphatic rings. The minimum atomic E-state index is -1.50. The first kappa shape index (κ1) is 18.3. The summed E-state index contributed by atoms with van der Waals surface area (Å²) in [6.07, 6.45) is 2.14. The number of benzene rings is 1. The molecule has 2 aromatic rings. The van der Waals surface area contributed by atoms with Crippen LogP contribution in [0.15, 0.2) is 18.2 Å². The summed E-state index contributed by atoms with van der Waals surface area (Å²) >= 11 is 0. The molecule has 2 N–H and O–H groups in total. The van der Waals surface area contributed by atoms with Crippen molar-refractivity contribution in [3.63, 3.8) is 0 Å². The van der Waals surface area contributed by atoms with Crippen molar-refractivity contribution in [3.05, 3.63) is 40.6 Å². The lowest BCUT2D eigenvalue weighted by Gasteiger charge is -2.25. The molecule has 1 atom stereocenters. The van der Waals surface area contributed by atoms with E-state index >= 15 is 0 Å². The number of carboxylic acid groups (broad SMARTS) is 1. The van der Waals surface area contributed by atoms with E-state index in [4.69, 9.17) is 9.72 Å². The first-order valence-corrected chi connectivity index (χ1v) is 8.72. The summed E-state index contributed by atoms with van der Waals surface area (Å²) < 4.78 is 4.99. The minimum Gasteiger partial charge on any atom is -0.479 e. The van der Waals surface area contributed by atoms with E-state index in [1.54, 1.807) is 0 Å². The van der Waals surface area contributed by atoms with Gasteiger partial charge in [-0.3, -0.25) is 9.78 Å². The minimum absolute atomic E-state index is 0.120. The van der Waals surface area contributed by atoms with Crippen LogP contribution < -0.4 is 5.32 Å². The number of carbonyl (C=O) groups excluding carboxylic acids is 1. The maximum atomic E-state index is 13.0. The normalized spacial score (nSPS) is 16.3. The number of hydrogen-bond donors (Lipinski definition) is 2. The molecule has 0 saturated heterocycles. The quantitative estimate of drug-likeness (QED) is 0.831. The number of rotatable bonds is 6. The van der Waals surface area contributed by atoms with Crippen LogP contribution in [0, 0.1) is 13.8 Å². The molecule has 6 nitrogen and oxygen atoms in total. The van der Waals surface area contributed by atoms with Crippen LogP contribution in [0.3, 0.4) is 0 Å². The van der Waals surface area contributed by atoms with E-state index in [0.717, 1.165) is 40.6 Å². The molecule has 1 aromatic heterocycles. The molecule has 1 unspecified atom stereocenters. The van der Waals surface area contributed by atoms with E-state index in [0.29, 0.717) is 11.5 Å². The second kappa shape index (κ2) is 6.68. The van der Waals surface area contributed by atoms with Crippen molar-refractivity contribution in [3.8, 4) is 0 Å². The third kappa shape index (κ3) is 3.42. The van der Waals surface area contributed by atoms with Crippen LogP contribution in [-0.4, -0.2) is 41.2 Å². The van der Waals surface area contributed by atoms with Gasteiger partial charge in [-0.25, -0.2) is 4.79 Å². The van der Waals surface area contributed by atoms with Crippen LogP contribution in [-0.2, 0) is 9.53 Å². The second-order valence-corrected chi connectivity index (χ2v) is 7.37. The van der Waals surface area contributed by atoms with E-state index in [2.05, 4.69) is 5.32 Å². The highest BCUT2D eigenvalue weighted by atomic mass is 16.5.